The molecule has 0 fully saturated rings. The molecule has 5 nitrogen and oxygen atoms in total. The number of hydrogen-bond donors (Lipinski definition) is 1. The number of allylic oxidation sites excluding steroid dienone is 4. The van der Waals surface area contributed by atoms with Gasteiger partial charge in [-0.1, -0.05) is 19.4 Å². The molecular formula is C15H21NO4. The van der Waals surface area contributed by atoms with Crippen LogP contribution in [0.3, 0.4) is 0 Å². The first kappa shape index (κ1) is 16.0. The standard InChI is InChI=1S/C15H21NO4/c1-5-6-11-7-8-12(13(17)18)16(10-9-11)14(19)20-15(2,3)4/h7-10H,5-6H2,1-4H3,(H,17,18). The molecule has 0 saturated carbocycles. The largest absolute Gasteiger partial charge is 0.477 e. The summed E-state index contributed by atoms with van der Waals surface area (Å²) in [5, 5.41) is 9.22. The van der Waals surface area contributed by atoms with Crippen LogP contribution in [0, 0.1) is 0 Å². The van der Waals surface area contributed by atoms with Gasteiger partial charge in [-0.2, -0.15) is 0 Å². The van der Waals surface area contributed by atoms with Crippen LogP contribution in [0.15, 0.2) is 35.7 Å². The molecule has 1 rings (SSSR count). The molecule has 0 unspecified atom stereocenters. The van der Waals surface area contributed by atoms with E-state index in [2.05, 4.69) is 0 Å². The van der Waals surface area contributed by atoms with Crippen LogP contribution in [-0.2, 0) is 9.53 Å². The van der Waals surface area contributed by atoms with E-state index in [1.165, 1.54) is 12.3 Å². The molecule has 1 aliphatic rings. The van der Waals surface area contributed by atoms with Gasteiger partial charge >= 0.3 is 12.1 Å². The zero-order chi connectivity index (χ0) is 15.3. The van der Waals surface area contributed by atoms with E-state index < -0.39 is 17.7 Å². The van der Waals surface area contributed by atoms with Crippen LogP contribution in [0.25, 0.3) is 0 Å². The van der Waals surface area contributed by atoms with Crippen molar-refractivity contribution in [1.82, 2.24) is 4.90 Å². The molecule has 0 radical (unpaired) electrons. The molecule has 1 aliphatic heterocycles. The summed E-state index contributed by atoms with van der Waals surface area (Å²) in [5.74, 6) is -1.17. The lowest BCUT2D eigenvalue weighted by Gasteiger charge is -2.24. The molecule has 5 heteroatoms. The van der Waals surface area contributed by atoms with E-state index in [1.807, 2.05) is 6.92 Å². The highest BCUT2D eigenvalue weighted by Gasteiger charge is 2.27. The fourth-order valence-electron chi connectivity index (χ4n) is 1.67. The van der Waals surface area contributed by atoms with Gasteiger partial charge in [0.15, 0.2) is 0 Å². The van der Waals surface area contributed by atoms with E-state index >= 15 is 0 Å². The summed E-state index contributed by atoms with van der Waals surface area (Å²) in [6.07, 6.45) is 7.39. The second-order valence-corrected chi connectivity index (χ2v) is 5.51. The molecule has 0 aliphatic carbocycles. The summed E-state index contributed by atoms with van der Waals surface area (Å²) < 4.78 is 5.22. The predicted octanol–water partition coefficient (Wildman–Crippen LogP) is 3.45. The Labute approximate surface area is 119 Å². The fourth-order valence-corrected chi connectivity index (χ4v) is 1.67. The minimum atomic E-state index is -1.17. The third-order valence-electron chi connectivity index (χ3n) is 2.50. The van der Waals surface area contributed by atoms with E-state index in [0.29, 0.717) is 0 Å². The van der Waals surface area contributed by atoms with Crippen LogP contribution in [0.2, 0.25) is 0 Å². The molecule has 0 aromatic heterocycles. The van der Waals surface area contributed by atoms with Crippen molar-refractivity contribution in [2.75, 3.05) is 0 Å². The third kappa shape index (κ3) is 4.57. The molecule has 0 bridgehead atoms. The van der Waals surface area contributed by atoms with Crippen LogP contribution in [0.1, 0.15) is 40.5 Å². The van der Waals surface area contributed by atoms with Gasteiger partial charge in [-0.3, -0.25) is 0 Å². The average molecular weight is 279 g/mol. The smallest absolute Gasteiger partial charge is 0.419 e. The third-order valence-corrected chi connectivity index (χ3v) is 2.50. The first-order valence-electron chi connectivity index (χ1n) is 6.59. The van der Waals surface area contributed by atoms with Crippen molar-refractivity contribution < 1.29 is 19.4 Å². The number of hydrogen-bond acceptors (Lipinski definition) is 3. The van der Waals surface area contributed by atoms with Crippen molar-refractivity contribution in [2.24, 2.45) is 0 Å². The Morgan fingerprint density at radius 1 is 1.30 bits per heavy atom. The number of amides is 1. The zero-order valence-corrected chi connectivity index (χ0v) is 12.3. The molecule has 0 spiro atoms. The molecule has 0 aromatic carbocycles. The number of rotatable bonds is 3. The highest BCUT2D eigenvalue weighted by atomic mass is 16.6. The number of nitrogens with zero attached hydrogens (tertiary/aromatic N) is 1. The monoisotopic (exact) mass is 279 g/mol. The van der Waals surface area contributed by atoms with Crippen molar-refractivity contribution in [3.8, 4) is 0 Å². The Morgan fingerprint density at radius 3 is 2.45 bits per heavy atom. The number of carbonyl (C=O) groups is 2. The SMILES string of the molecule is CCCC1=CC=C(C(=O)O)N(C(=O)OC(C)(C)C)C=C1. The van der Waals surface area contributed by atoms with Crippen LogP contribution in [0.5, 0.6) is 0 Å². The van der Waals surface area contributed by atoms with Gasteiger partial charge in [0, 0.05) is 6.20 Å². The second kappa shape index (κ2) is 6.41. The lowest BCUT2D eigenvalue weighted by molar-refractivity contribution is -0.134. The van der Waals surface area contributed by atoms with Crippen molar-refractivity contribution in [2.45, 2.75) is 46.1 Å². The molecule has 1 heterocycles. The predicted molar refractivity (Wildman–Crippen MR) is 75.9 cm³/mol. The zero-order valence-electron chi connectivity index (χ0n) is 12.3. The number of aliphatic carboxylic acids is 1. The minimum Gasteiger partial charge on any atom is -0.477 e. The maximum atomic E-state index is 12.1. The molecular weight excluding hydrogens is 258 g/mol. The Bertz CT molecular complexity index is 481. The minimum absolute atomic E-state index is 0.124. The maximum absolute atomic E-state index is 12.1. The van der Waals surface area contributed by atoms with Crippen molar-refractivity contribution >= 4 is 12.1 Å². The molecule has 20 heavy (non-hydrogen) atoms. The summed E-state index contributed by atoms with van der Waals surface area (Å²) in [6.45, 7) is 7.24. The van der Waals surface area contributed by atoms with Crippen molar-refractivity contribution in [3.05, 3.63) is 35.7 Å². The molecule has 1 amide bonds. The first-order chi connectivity index (χ1) is 9.24. The lowest BCUT2D eigenvalue weighted by Crippen LogP contribution is -2.35. The summed E-state index contributed by atoms with van der Waals surface area (Å²) in [6, 6.07) is 0. The Hall–Kier alpha value is -2.04. The fraction of sp³-hybridized carbons (Fsp3) is 0.467. The van der Waals surface area contributed by atoms with Crippen molar-refractivity contribution in [3.63, 3.8) is 0 Å². The summed E-state index contributed by atoms with van der Waals surface area (Å²) in [7, 11) is 0. The van der Waals surface area contributed by atoms with Gasteiger partial charge in [-0.25, -0.2) is 14.5 Å². The van der Waals surface area contributed by atoms with Gasteiger partial charge in [0.25, 0.3) is 0 Å². The van der Waals surface area contributed by atoms with Crippen LogP contribution in [0.4, 0.5) is 4.79 Å². The molecule has 0 atom stereocenters. The summed E-state index contributed by atoms with van der Waals surface area (Å²) >= 11 is 0. The Balaban J connectivity index is 3.03. The van der Waals surface area contributed by atoms with E-state index in [4.69, 9.17) is 4.74 Å². The van der Waals surface area contributed by atoms with Crippen LogP contribution >= 0.6 is 0 Å². The van der Waals surface area contributed by atoms with E-state index in [0.717, 1.165) is 23.3 Å². The topological polar surface area (TPSA) is 66.8 Å². The summed E-state index contributed by atoms with van der Waals surface area (Å²) in [5.41, 5.74) is 0.166. The highest BCUT2D eigenvalue weighted by molar-refractivity contribution is 5.92. The number of carboxylic acid groups (broad SMARTS) is 1. The van der Waals surface area contributed by atoms with Crippen LogP contribution < -0.4 is 0 Å². The molecule has 0 aromatic rings. The highest BCUT2D eigenvalue weighted by Crippen LogP contribution is 2.19. The van der Waals surface area contributed by atoms with Gasteiger partial charge in [0.05, 0.1) is 0 Å². The lowest BCUT2D eigenvalue weighted by atomic mass is 10.1. The second-order valence-electron chi connectivity index (χ2n) is 5.51. The average Bonchev–Trinajstić information content (AvgIpc) is 2.50. The number of carbonyl (C=O) groups excluding carboxylic acids is 1. The number of carboxylic acids is 1. The maximum Gasteiger partial charge on any atom is 0.419 e. The van der Waals surface area contributed by atoms with E-state index in [-0.39, 0.29) is 5.70 Å². The van der Waals surface area contributed by atoms with Gasteiger partial charge < -0.3 is 9.84 Å². The molecule has 1 N–H and O–H groups in total. The van der Waals surface area contributed by atoms with Gasteiger partial charge in [-0.05, 0) is 44.9 Å². The summed E-state index contributed by atoms with van der Waals surface area (Å²) in [4.78, 5) is 24.4. The Morgan fingerprint density at radius 2 is 1.95 bits per heavy atom. The van der Waals surface area contributed by atoms with Crippen molar-refractivity contribution in [1.29, 1.82) is 0 Å². The first-order valence-corrected chi connectivity index (χ1v) is 6.59. The van der Waals surface area contributed by atoms with E-state index in [1.54, 1.807) is 32.9 Å². The van der Waals surface area contributed by atoms with Crippen LogP contribution in [-0.4, -0.2) is 27.7 Å². The molecule has 0 saturated heterocycles. The Kier molecular flexibility index (Phi) is 5.13. The van der Waals surface area contributed by atoms with Gasteiger partial charge in [0.2, 0.25) is 0 Å². The molecule has 110 valence electrons. The number of ether oxygens (including phenoxy) is 1. The normalized spacial score (nSPS) is 15.3. The quantitative estimate of drug-likeness (QED) is 0.859. The van der Waals surface area contributed by atoms with Gasteiger partial charge in [0.1, 0.15) is 11.3 Å². The van der Waals surface area contributed by atoms with E-state index in [9.17, 15) is 14.7 Å². The van der Waals surface area contributed by atoms with Gasteiger partial charge in [-0.15, -0.1) is 0 Å².